The van der Waals surface area contributed by atoms with E-state index in [4.69, 9.17) is 0 Å². The molecule has 9 heteroatoms. The molecule has 0 aliphatic carbocycles. The van der Waals surface area contributed by atoms with Gasteiger partial charge in [0.15, 0.2) is 9.84 Å². The summed E-state index contributed by atoms with van der Waals surface area (Å²) >= 11 is 0. The van der Waals surface area contributed by atoms with E-state index < -0.39 is 19.9 Å². The van der Waals surface area contributed by atoms with Crippen molar-refractivity contribution in [1.82, 2.24) is 9.21 Å². The van der Waals surface area contributed by atoms with Crippen molar-refractivity contribution in [3.63, 3.8) is 0 Å². The van der Waals surface area contributed by atoms with Gasteiger partial charge in [-0.2, -0.15) is 4.31 Å². The number of rotatable bonds is 4. The van der Waals surface area contributed by atoms with Gasteiger partial charge in [0.1, 0.15) is 0 Å². The molecule has 2 rings (SSSR count). The van der Waals surface area contributed by atoms with Crippen molar-refractivity contribution >= 4 is 25.8 Å². The van der Waals surface area contributed by atoms with Crippen LogP contribution < -0.4 is 0 Å². The molecule has 1 aliphatic heterocycles. The number of carbonyl (C=O) groups is 1. The van der Waals surface area contributed by atoms with E-state index in [2.05, 4.69) is 0 Å². The Morgan fingerprint density at radius 2 is 1.48 bits per heavy atom. The summed E-state index contributed by atoms with van der Waals surface area (Å²) in [4.78, 5) is 14.1. The minimum absolute atomic E-state index is 0.0924. The molecule has 0 atom stereocenters. The van der Waals surface area contributed by atoms with E-state index in [1.165, 1.54) is 16.4 Å². The highest BCUT2D eigenvalue weighted by atomic mass is 32.2. The lowest BCUT2D eigenvalue weighted by molar-refractivity contribution is -0.131. The van der Waals surface area contributed by atoms with Crippen LogP contribution in [-0.2, 0) is 31.1 Å². The van der Waals surface area contributed by atoms with Crippen molar-refractivity contribution in [3.8, 4) is 0 Å². The third-order valence-corrected chi connectivity index (χ3v) is 6.20. The van der Waals surface area contributed by atoms with E-state index in [1.807, 2.05) is 0 Å². The van der Waals surface area contributed by atoms with Gasteiger partial charge in [-0.25, -0.2) is 16.8 Å². The van der Waals surface area contributed by atoms with Crippen LogP contribution in [-0.4, -0.2) is 70.6 Å². The molecule has 0 unspecified atom stereocenters. The molecule has 0 spiro atoms. The Morgan fingerprint density at radius 1 is 0.957 bits per heavy atom. The van der Waals surface area contributed by atoms with Gasteiger partial charge in [-0.05, 0) is 17.7 Å². The molecular weight excluding hydrogens is 340 g/mol. The van der Waals surface area contributed by atoms with Gasteiger partial charge < -0.3 is 4.90 Å². The lowest BCUT2D eigenvalue weighted by Gasteiger charge is -2.33. The summed E-state index contributed by atoms with van der Waals surface area (Å²) in [6, 6.07) is 6.22. The van der Waals surface area contributed by atoms with Crippen LogP contribution in [0, 0.1) is 0 Å². The molecule has 128 valence electrons. The van der Waals surface area contributed by atoms with Crippen molar-refractivity contribution in [1.29, 1.82) is 0 Å². The molecule has 1 fully saturated rings. The normalized spacial score (nSPS) is 17.2. The van der Waals surface area contributed by atoms with E-state index >= 15 is 0 Å². The van der Waals surface area contributed by atoms with Gasteiger partial charge in [0.2, 0.25) is 15.9 Å². The summed E-state index contributed by atoms with van der Waals surface area (Å²) in [6.45, 7) is 1.34. The number of nitrogens with zero attached hydrogens (tertiary/aromatic N) is 2. The zero-order valence-electron chi connectivity index (χ0n) is 13.1. The van der Waals surface area contributed by atoms with E-state index in [0.29, 0.717) is 26.2 Å². The molecule has 1 aromatic rings. The summed E-state index contributed by atoms with van der Waals surface area (Å²) < 4.78 is 47.0. The minimum Gasteiger partial charge on any atom is -0.340 e. The highest BCUT2D eigenvalue weighted by Gasteiger charge is 2.25. The average molecular weight is 360 g/mol. The SMILES string of the molecule is CS(=O)(=O)c1ccc(CC(=O)N2CCN(S(C)(=O)=O)CC2)cc1. The van der Waals surface area contributed by atoms with E-state index in [0.717, 1.165) is 18.1 Å². The Bertz CT molecular complexity index is 777. The minimum atomic E-state index is -3.25. The Kier molecular flexibility index (Phi) is 5.12. The lowest BCUT2D eigenvalue weighted by atomic mass is 10.1. The lowest BCUT2D eigenvalue weighted by Crippen LogP contribution is -2.50. The molecule has 0 bridgehead atoms. The first-order valence-electron chi connectivity index (χ1n) is 7.09. The number of hydrogen-bond donors (Lipinski definition) is 0. The monoisotopic (exact) mass is 360 g/mol. The van der Waals surface area contributed by atoms with Gasteiger partial charge in [0, 0.05) is 32.4 Å². The van der Waals surface area contributed by atoms with E-state index in [1.54, 1.807) is 17.0 Å². The second kappa shape index (κ2) is 6.58. The maximum Gasteiger partial charge on any atom is 0.227 e. The van der Waals surface area contributed by atoms with Gasteiger partial charge in [0.05, 0.1) is 17.6 Å². The quantitative estimate of drug-likeness (QED) is 0.737. The number of sulfone groups is 1. The zero-order chi connectivity index (χ0) is 17.3. The molecule has 0 aromatic heterocycles. The summed E-state index contributed by atoms with van der Waals surface area (Å²) in [5.74, 6) is -0.0924. The first kappa shape index (κ1) is 17.9. The average Bonchev–Trinajstić information content (AvgIpc) is 2.46. The number of benzene rings is 1. The van der Waals surface area contributed by atoms with Crippen LogP contribution in [0.25, 0.3) is 0 Å². The van der Waals surface area contributed by atoms with Crippen molar-refractivity contribution in [2.75, 3.05) is 38.7 Å². The summed E-state index contributed by atoms with van der Waals surface area (Å²) in [6.07, 6.45) is 2.46. The van der Waals surface area contributed by atoms with Crippen LogP contribution in [0.15, 0.2) is 29.2 Å². The Labute approximate surface area is 136 Å². The molecule has 0 saturated carbocycles. The molecule has 1 aliphatic rings. The molecule has 23 heavy (non-hydrogen) atoms. The summed E-state index contributed by atoms with van der Waals surface area (Å²) in [7, 11) is -6.46. The van der Waals surface area contributed by atoms with Crippen molar-refractivity contribution in [2.45, 2.75) is 11.3 Å². The largest absolute Gasteiger partial charge is 0.340 e. The van der Waals surface area contributed by atoms with Crippen LogP contribution in [0.5, 0.6) is 0 Å². The molecule has 0 radical (unpaired) electrons. The van der Waals surface area contributed by atoms with Crippen LogP contribution in [0.4, 0.5) is 0 Å². The Hall–Kier alpha value is -1.45. The highest BCUT2D eigenvalue weighted by molar-refractivity contribution is 7.90. The first-order valence-corrected chi connectivity index (χ1v) is 10.8. The molecule has 1 aromatic carbocycles. The smallest absolute Gasteiger partial charge is 0.227 e. The number of piperazine rings is 1. The van der Waals surface area contributed by atoms with Crippen molar-refractivity contribution in [2.24, 2.45) is 0 Å². The van der Waals surface area contributed by atoms with Gasteiger partial charge in [-0.15, -0.1) is 0 Å². The molecule has 7 nitrogen and oxygen atoms in total. The Balaban J connectivity index is 1.96. The maximum absolute atomic E-state index is 12.2. The predicted octanol–water partition coefficient (Wildman–Crippen LogP) is -0.264. The molecule has 1 saturated heterocycles. The summed E-state index contributed by atoms with van der Waals surface area (Å²) in [5.41, 5.74) is 0.730. The molecular formula is C14H20N2O5S2. The molecule has 1 heterocycles. The third kappa shape index (κ3) is 4.76. The van der Waals surface area contributed by atoms with Crippen LogP contribution in [0.2, 0.25) is 0 Å². The first-order chi connectivity index (χ1) is 10.6. The fourth-order valence-electron chi connectivity index (χ4n) is 2.41. The van der Waals surface area contributed by atoms with Crippen LogP contribution >= 0.6 is 0 Å². The molecule has 1 amide bonds. The van der Waals surface area contributed by atoms with Crippen LogP contribution in [0.1, 0.15) is 5.56 Å². The van der Waals surface area contributed by atoms with E-state index in [-0.39, 0.29) is 17.2 Å². The third-order valence-electron chi connectivity index (χ3n) is 3.77. The second-order valence-electron chi connectivity index (χ2n) is 5.64. The van der Waals surface area contributed by atoms with E-state index in [9.17, 15) is 21.6 Å². The second-order valence-corrected chi connectivity index (χ2v) is 9.63. The highest BCUT2D eigenvalue weighted by Crippen LogP contribution is 2.13. The van der Waals surface area contributed by atoms with Gasteiger partial charge in [-0.3, -0.25) is 4.79 Å². The van der Waals surface area contributed by atoms with Gasteiger partial charge >= 0.3 is 0 Å². The molecule has 0 N–H and O–H groups in total. The summed E-state index contributed by atoms with van der Waals surface area (Å²) in [5, 5.41) is 0. The van der Waals surface area contributed by atoms with Crippen molar-refractivity contribution in [3.05, 3.63) is 29.8 Å². The van der Waals surface area contributed by atoms with Gasteiger partial charge in [0.25, 0.3) is 0 Å². The van der Waals surface area contributed by atoms with Crippen LogP contribution in [0.3, 0.4) is 0 Å². The number of carbonyl (C=O) groups excluding carboxylic acids is 1. The van der Waals surface area contributed by atoms with Crippen molar-refractivity contribution < 1.29 is 21.6 Å². The predicted molar refractivity (Wildman–Crippen MR) is 86.3 cm³/mol. The van der Waals surface area contributed by atoms with Gasteiger partial charge in [-0.1, -0.05) is 12.1 Å². The maximum atomic E-state index is 12.2. The zero-order valence-corrected chi connectivity index (χ0v) is 14.7. The number of sulfonamides is 1. The fraction of sp³-hybridized carbons (Fsp3) is 0.500. The fourth-order valence-corrected chi connectivity index (χ4v) is 3.87. The standard InChI is InChI=1S/C14H20N2O5S2/c1-22(18,19)13-5-3-12(4-6-13)11-14(17)15-7-9-16(10-8-15)23(2,20)21/h3-6H,7-11H2,1-2H3. The topological polar surface area (TPSA) is 91.8 Å². The number of amides is 1. The number of hydrogen-bond acceptors (Lipinski definition) is 5. The Morgan fingerprint density at radius 3 is 1.91 bits per heavy atom.